The van der Waals surface area contributed by atoms with Crippen molar-refractivity contribution in [2.75, 3.05) is 18.1 Å². The van der Waals surface area contributed by atoms with Gasteiger partial charge in [0.15, 0.2) is 0 Å². The van der Waals surface area contributed by atoms with Gasteiger partial charge in [-0.15, -0.1) is 0 Å². The lowest BCUT2D eigenvalue weighted by atomic mass is 9.85. The average Bonchev–Trinajstić information content (AvgIpc) is 3.02. The first-order valence-electron chi connectivity index (χ1n) is 8.24. The summed E-state index contributed by atoms with van der Waals surface area (Å²) in [6.45, 7) is 2.76. The molecule has 0 saturated carbocycles. The van der Waals surface area contributed by atoms with Crippen molar-refractivity contribution >= 4 is 17.5 Å². The Morgan fingerprint density at radius 1 is 1.38 bits per heavy atom. The molecule has 2 N–H and O–H groups in total. The summed E-state index contributed by atoms with van der Waals surface area (Å²) >= 11 is 0. The summed E-state index contributed by atoms with van der Waals surface area (Å²) in [6, 6.07) is 1.30. The Morgan fingerprint density at radius 2 is 2.17 bits per heavy atom. The van der Waals surface area contributed by atoms with Crippen LogP contribution in [0.15, 0.2) is 6.07 Å². The van der Waals surface area contributed by atoms with E-state index in [1.807, 2.05) is 11.8 Å². The van der Waals surface area contributed by atoms with Crippen molar-refractivity contribution in [2.45, 2.75) is 44.2 Å². The number of rotatable bonds is 2. The zero-order valence-corrected chi connectivity index (χ0v) is 13.3. The van der Waals surface area contributed by atoms with Gasteiger partial charge in [0.2, 0.25) is 11.8 Å². The number of fused-ring (bicyclic) bond motifs is 1. The van der Waals surface area contributed by atoms with Crippen molar-refractivity contribution in [2.24, 2.45) is 0 Å². The number of carbonyl (C=O) groups is 2. The minimum atomic E-state index is -0.661. The minimum Gasteiger partial charge on any atom is -0.491 e. The molecule has 2 amide bonds. The highest BCUT2D eigenvalue weighted by molar-refractivity contribution is 6.01. The molecular weight excluding hydrogens is 315 g/mol. The molecule has 1 aromatic rings. The van der Waals surface area contributed by atoms with Crippen LogP contribution in [0.4, 0.5) is 10.1 Å². The van der Waals surface area contributed by atoms with E-state index in [0.717, 1.165) is 0 Å². The number of hydrogen-bond acceptors (Lipinski definition) is 5. The average molecular weight is 334 g/mol. The number of amides is 2. The molecule has 0 aromatic heterocycles. The number of nitrogens with one attached hydrogen (secondary N) is 1. The fourth-order valence-electron chi connectivity index (χ4n) is 3.82. The van der Waals surface area contributed by atoms with E-state index in [9.17, 15) is 19.1 Å². The van der Waals surface area contributed by atoms with E-state index >= 15 is 0 Å². The van der Waals surface area contributed by atoms with Gasteiger partial charge in [-0.05, 0) is 13.3 Å². The lowest BCUT2D eigenvalue weighted by Crippen LogP contribution is -2.58. The van der Waals surface area contributed by atoms with Crippen LogP contribution in [0.5, 0.6) is 5.75 Å². The van der Waals surface area contributed by atoms with Crippen molar-refractivity contribution in [1.82, 2.24) is 5.32 Å². The third kappa shape index (κ3) is 2.18. The van der Waals surface area contributed by atoms with Crippen LogP contribution in [0.3, 0.4) is 0 Å². The van der Waals surface area contributed by atoms with Crippen LogP contribution in [0.25, 0.3) is 0 Å². The summed E-state index contributed by atoms with van der Waals surface area (Å²) in [5.41, 5.74) is 1.70. The quantitative estimate of drug-likeness (QED) is 0.784. The molecule has 2 fully saturated rings. The lowest BCUT2D eigenvalue weighted by molar-refractivity contribution is -0.134. The van der Waals surface area contributed by atoms with Crippen molar-refractivity contribution in [3.63, 3.8) is 0 Å². The number of aliphatic hydroxyl groups is 1. The predicted octanol–water partition coefficient (Wildman–Crippen LogP) is 0.850. The summed E-state index contributed by atoms with van der Waals surface area (Å²) in [4.78, 5) is 25.4. The first-order chi connectivity index (χ1) is 11.5. The van der Waals surface area contributed by atoms with Crippen LogP contribution in [0.1, 0.15) is 36.8 Å². The maximum absolute atomic E-state index is 14.9. The fraction of sp³-hybridized carbons (Fsp3) is 0.529. The first-order valence-corrected chi connectivity index (χ1v) is 8.24. The summed E-state index contributed by atoms with van der Waals surface area (Å²) < 4.78 is 20.6. The third-order valence-electron chi connectivity index (χ3n) is 5.28. The van der Waals surface area contributed by atoms with Gasteiger partial charge in [0.1, 0.15) is 11.6 Å². The van der Waals surface area contributed by atoms with Crippen LogP contribution in [-0.2, 0) is 16.0 Å². The Kier molecular flexibility index (Phi) is 3.49. The number of ether oxygens (including phenoxy) is 1. The molecular formula is C17H19FN2O4. The molecule has 7 heteroatoms. The number of benzene rings is 1. The van der Waals surface area contributed by atoms with E-state index in [1.165, 1.54) is 6.07 Å². The molecule has 24 heavy (non-hydrogen) atoms. The van der Waals surface area contributed by atoms with Crippen molar-refractivity contribution in [3.8, 4) is 5.75 Å². The number of hydrogen-bond donors (Lipinski definition) is 2. The smallest absolute Gasteiger partial charge is 0.234 e. The van der Waals surface area contributed by atoms with Gasteiger partial charge >= 0.3 is 0 Å². The van der Waals surface area contributed by atoms with Gasteiger partial charge in [-0.1, -0.05) is 0 Å². The van der Waals surface area contributed by atoms with Crippen LogP contribution in [0.2, 0.25) is 0 Å². The topological polar surface area (TPSA) is 78.9 Å². The maximum Gasteiger partial charge on any atom is 0.234 e. The largest absolute Gasteiger partial charge is 0.491 e. The van der Waals surface area contributed by atoms with Crippen molar-refractivity contribution in [1.29, 1.82) is 0 Å². The second-order valence-corrected chi connectivity index (χ2v) is 6.66. The van der Waals surface area contributed by atoms with Crippen molar-refractivity contribution in [3.05, 3.63) is 23.0 Å². The van der Waals surface area contributed by atoms with Gasteiger partial charge in [0.05, 0.1) is 30.4 Å². The number of anilines is 1. The van der Waals surface area contributed by atoms with Crippen LogP contribution >= 0.6 is 0 Å². The second-order valence-electron chi connectivity index (χ2n) is 6.66. The van der Waals surface area contributed by atoms with E-state index in [-0.39, 0.29) is 18.4 Å². The number of imide groups is 1. The lowest BCUT2D eigenvalue weighted by Gasteiger charge is -2.45. The molecule has 6 nitrogen and oxygen atoms in total. The van der Waals surface area contributed by atoms with Gasteiger partial charge in [0.25, 0.3) is 0 Å². The minimum absolute atomic E-state index is 0.0980. The maximum atomic E-state index is 14.9. The number of carbonyl (C=O) groups excluding carboxylic acids is 2. The van der Waals surface area contributed by atoms with Gasteiger partial charge in [-0.2, -0.15) is 0 Å². The van der Waals surface area contributed by atoms with Crippen LogP contribution in [-0.4, -0.2) is 42.2 Å². The Morgan fingerprint density at radius 3 is 2.83 bits per heavy atom. The van der Waals surface area contributed by atoms with Crippen LogP contribution < -0.4 is 15.0 Å². The predicted molar refractivity (Wildman–Crippen MR) is 83.5 cm³/mol. The molecule has 3 atom stereocenters. The standard InChI is InChI=1S/C17H19FN2O4/c1-8-13(21)7-20(8)12-6-11(18)15(9-4-5-24-16(9)12)10-2-3-14(22)19-17(10)23/h6,8,10,13,21H,2-5,7H2,1H3,(H,19,22,23)/t8-,10?,13-/m0/s1. The van der Waals surface area contributed by atoms with Crippen LogP contribution in [0, 0.1) is 5.82 Å². The fourth-order valence-corrected chi connectivity index (χ4v) is 3.82. The normalized spacial score (nSPS) is 29.0. The highest BCUT2D eigenvalue weighted by Crippen LogP contribution is 2.45. The van der Waals surface area contributed by atoms with Gasteiger partial charge < -0.3 is 14.7 Å². The Labute approximate surface area is 138 Å². The molecule has 0 radical (unpaired) electrons. The zero-order valence-electron chi connectivity index (χ0n) is 13.3. The molecule has 1 aromatic carbocycles. The van der Waals surface area contributed by atoms with E-state index in [2.05, 4.69) is 5.32 Å². The molecule has 3 aliphatic rings. The summed E-state index contributed by atoms with van der Waals surface area (Å²) in [5, 5.41) is 12.0. The molecule has 3 heterocycles. The van der Waals surface area contributed by atoms with Gasteiger partial charge in [0, 0.05) is 36.6 Å². The SMILES string of the molecule is C[C@H]1[C@@H](O)CN1c1cc(F)c(C2CCC(=O)NC2=O)c2c1OCC2. The van der Waals surface area contributed by atoms with Crippen molar-refractivity contribution < 1.29 is 23.8 Å². The van der Waals surface area contributed by atoms with Gasteiger partial charge in [-0.3, -0.25) is 14.9 Å². The number of piperidine rings is 1. The number of aliphatic hydroxyl groups excluding tert-OH is 1. The highest BCUT2D eigenvalue weighted by atomic mass is 19.1. The molecule has 1 unspecified atom stereocenters. The van der Waals surface area contributed by atoms with Gasteiger partial charge in [-0.25, -0.2) is 4.39 Å². The molecule has 0 aliphatic carbocycles. The summed E-state index contributed by atoms with van der Waals surface area (Å²) in [5.74, 6) is -1.26. The molecule has 2 saturated heterocycles. The monoisotopic (exact) mass is 334 g/mol. The second kappa shape index (κ2) is 5.44. The third-order valence-corrected chi connectivity index (χ3v) is 5.28. The molecule has 128 valence electrons. The number of halogens is 1. The molecule has 4 rings (SSSR count). The zero-order chi connectivity index (χ0) is 17.0. The van der Waals surface area contributed by atoms with E-state index in [1.54, 1.807) is 0 Å². The summed E-state index contributed by atoms with van der Waals surface area (Å²) in [7, 11) is 0. The Bertz CT molecular complexity index is 736. The Hall–Kier alpha value is -2.15. The molecule has 0 bridgehead atoms. The number of nitrogens with zero attached hydrogens (tertiary/aromatic N) is 1. The first kappa shape index (κ1) is 15.4. The van der Waals surface area contributed by atoms with E-state index < -0.39 is 23.7 Å². The summed E-state index contributed by atoms with van der Waals surface area (Å²) in [6.07, 6.45) is 0.632. The number of β-amino-alcohol motifs (C(OH)–C–C–N with tert-alkyl or cyclic N) is 1. The van der Waals surface area contributed by atoms with E-state index in [4.69, 9.17) is 4.74 Å². The highest BCUT2D eigenvalue weighted by Gasteiger charge is 2.40. The Balaban J connectivity index is 1.76. The molecule has 0 spiro atoms. The molecule has 3 aliphatic heterocycles. The van der Waals surface area contributed by atoms with E-state index in [0.29, 0.717) is 48.6 Å².